The Labute approximate surface area is 291 Å². The second-order valence-electron chi connectivity index (χ2n) is 10.8. The van der Waals surface area contributed by atoms with Crippen LogP contribution in [0.4, 0.5) is 5.69 Å². The monoisotopic (exact) mass is 699 g/mol. The highest BCUT2D eigenvalue weighted by molar-refractivity contribution is 7.07. The molecule has 0 radical (unpaired) electrons. The normalized spacial score (nSPS) is 14.3. The third kappa shape index (κ3) is 7.04. The number of nitrogens with one attached hydrogen (secondary N) is 1. The minimum absolute atomic E-state index is 0.218. The molecule has 1 aromatic heterocycles. The summed E-state index contributed by atoms with van der Waals surface area (Å²) >= 11 is 13.6. The number of halogens is 2. The van der Waals surface area contributed by atoms with E-state index in [0.29, 0.717) is 60.2 Å². The summed E-state index contributed by atoms with van der Waals surface area (Å²) in [5.74, 6) is 1.37. The van der Waals surface area contributed by atoms with E-state index in [1.54, 1.807) is 48.9 Å². The third-order valence-corrected chi connectivity index (χ3v) is 9.26. The van der Waals surface area contributed by atoms with Gasteiger partial charge in [0.05, 0.1) is 35.6 Å². The van der Waals surface area contributed by atoms with E-state index in [4.69, 9.17) is 42.4 Å². The summed E-state index contributed by atoms with van der Waals surface area (Å²) < 4.78 is 19.3. The maximum atomic E-state index is 14.2. The SMILES string of the molecule is CCOc1ccc([C@H]2C(C(=O)Nc3ccccc3)=C(C)N=c3s/c(=C\c4ccc(OCc5ccc(Cl)cc5Cl)c(OC)c4)c(=O)n32)cc1. The van der Waals surface area contributed by atoms with Crippen LogP contribution in [0.15, 0.2) is 112 Å². The van der Waals surface area contributed by atoms with Crippen molar-refractivity contribution in [1.82, 2.24) is 4.57 Å². The van der Waals surface area contributed by atoms with Gasteiger partial charge < -0.3 is 19.5 Å². The Bertz CT molecular complexity index is 2200. The standard InChI is InChI=1S/C37H31Cl2N3O5S/c1-4-46-28-15-12-24(13-16-28)34-33(35(43)41-27-8-6-5-7-9-27)22(2)40-37-42(34)36(44)32(48-37)19-23-10-17-30(31(18-23)45-3)47-21-25-11-14-26(38)20-29(25)39/h5-20,34H,4,21H2,1-3H3,(H,41,43)/b32-19-/t34-/m0/s1. The summed E-state index contributed by atoms with van der Waals surface area (Å²) in [4.78, 5) is 33.2. The van der Waals surface area contributed by atoms with Gasteiger partial charge >= 0.3 is 0 Å². The molecular formula is C37H31Cl2N3O5S. The fourth-order valence-electron chi connectivity index (χ4n) is 5.40. The molecule has 4 aromatic carbocycles. The Hall–Kier alpha value is -4.83. The van der Waals surface area contributed by atoms with Crippen molar-refractivity contribution in [3.05, 3.63) is 149 Å². The molecule has 0 unspecified atom stereocenters. The van der Waals surface area contributed by atoms with Crippen LogP contribution < -0.4 is 34.4 Å². The number of ether oxygens (including phenoxy) is 3. The first kappa shape index (κ1) is 33.1. The van der Waals surface area contributed by atoms with E-state index in [-0.39, 0.29) is 18.1 Å². The summed E-state index contributed by atoms with van der Waals surface area (Å²) in [5.41, 5.74) is 3.54. The molecule has 0 saturated heterocycles. The number of methoxy groups -OCH3 is 1. The van der Waals surface area contributed by atoms with Gasteiger partial charge in [0.1, 0.15) is 12.4 Å². The van der Waals surface area contributed by atoms with Crippen LogP contribution in [0.1, 0.15) is 36.6 Å². The smallest absolute Gasteiger partial charge is 0.271 e. The average molecular weight is 701 g/mol. The number of nitrogens with zero attached hydrogens (tertiary/aromatic N) is 2. The Morgan fingerprint density at radius 2 is 1.75 bits per heavy atom. The van der Waals surface area contributed by atoms with Crippen molar-refractivity contribution in [2.45, 2.75) is 26.5 Å². The molecule has 1 N–H and O–H groups in total. The van der Waals surface area contributed by atoms with Gasteiger partial charge in [-0.15, -0.1) is 0 Å². The van der Waals surface area contributed by atoms with Crippen molar-refractivity contribution in [3.8, 4) is 17.2 Å². The van der Waals surface area contributed by atoms with Gasteiger partial charge in [-0.3, -0.25) is 14.2 Å². The van der Waals surface area contributed by atoms with Crippen LogP contribution in [0, 0.1) is 0 Å². The molecular weight excluding hydrogens is 669 g/mol. The molecule has 1 amide bonds. The molecule has 1 aliphatic rings. The fourth-order valence-corrected chi connectivity index (χ4v) is 6.91. The van der Waals surface area contributed by atoms with Gasteiger partial charge in [0, 0.05) is 21.3 Å². The van der Waals surface area contributed by atoms with Gasteiger partial charge in [-0.2, -0.15) is 0 Å². The number of benzene rings is 4. The highest BCUT2D eigenvalue weighted by atomic mass is 35.5. The third-order valence-electron chi connectivity index (χ3n) is 7.69. The highest BCUT2D eigenvalue weighted by Crippen LogP contribution is 2.33. The molecule has 8 nitrogen and oxygen atoms in total. The quantitative estimate of drug-likeness (QED) is 0.167. The van der Waals surface area contributed by atoms with E-state index in [0.717, 1.165) is 16.7 Å². The Morgan fingerprint density at radius 1 is 0.979 bits per heavy atom. The van der Waals surface area contributed by atoms with E-state index in [1.807, 2.05) is 73.7 Å². The number of thiazole rings is 1. The van der Waals surface area contributed by atoms with Gasteiger partial charge in [0.2, 0.25) is 0 Å². The molecule has 1 aliphatic heterocycles. The maximum Gasteiger partial charge on any atom is 0.271 e. The van der Waals surface area contributed by atoms with Gasteiger partial charge in [-0.05, 0) is 79.6 Å². The zero-order chi connectivity index (χ0) is 33.8. The lowest BCUT2D eigenvalue weighted by atomic mass is 9.95. The molecule has 0 spiro atoms. The van der Waals surface area contributed by atoms with E-state index in [9.17, 15) is 9.59 Å². The van der Waals surface area contributed by atoms with E-state index in [1.165, 1.54) is 11.3 Å². The number of carbonyl (C=O) groups is 1. The molecule has 48 heavy (non-hydrogen) atoms. The number of allylic oxidation sites excluding steroid dienone is 1. The lowest BCUT2D eigenvalue weighted by Crippen LogP contribution is -2.40. The van der Waals surface area contributed by atoms with Gasteiger partial charge in [0.25, 0.3) is 11.5 Å². The lowest BCUT2D eigenvalue weighted by molar-refractivity contribution is -0.113. The number of aromatic nitrogens is 1. The molecule has 0 bridgehead atoms. The highest BCUT2D eigenvalue weighted by Gasteiger charge is 2.32. The molecule has 11 heteroatoms. The largest absolute Gasteiger partial charge is 0.494 e. The molecule has 6 rings (SSSR count). The molecule has 0 aliphatic carbocycles. The molecule has 5 aromatic rings. The Morgan fingerprint density at radius 3 is 2.46 bits per heavy atom. The van der Waals surface area contributed by atoms with Gasteiger partial charge in [-0.25, -0.2) is 4.99 Å². The van der Waals surface area contributed by atoms with Crippen LogP contribution in [0.5, 0.6) is 17.2 Å². The summed E-state index contributed by atoms with van der Waals surface area (Å²) in [5, 5.41) is 4.03. The maximum absolute atomic E-state index is 14.2. The van der Waals surface area contributed by atoms with Crippen molar-refractivity contribution < 1.29 is 19.0 Å². The van der Waals surface area contributed by atoms with E-state index >= 15 is 0 Å². The number of amides is 1. The first-order valence-corrected chi connectivity index (χ1v) is 16.7. The lowest BCUT2D eigenvalue weighted by Gasteiger charge is -2.25. The number of para-hydroxylation sites is 1. The predicted molar refractivity (Wildman–Crippen MR) is 190 cm³/mol. The molecule has 244 valence electrons. The van der Waals surface area contributed by atoms with Crippen molar-refractivity contribution in [1.29, 1.82) is 0 Å². The molecule has 0 saturated carbocycles. The molecule has 2 heterocycles. The minimum atomic E-state index is -0.715. The van der Waals surface area contributed by atoms with Crippen LogP contribution in [0.2, 0.25) is 10.0 Å². The summed E-state index contributed by atoms with van der Waals surface area (Å²) in [6.45, 7) is 4.44. The first-order valence-electron chi connectivity index (χ1n) is 15.1. The number of carbonyl (C=O) groups excluding carboxylic acids is 1. The number of hydrogen-bond donors (Lipinski definition) is 1. The van der Waals surface area contributed by atoms with Crippen LogP contribution in [0.3, 0.4) is 0 Å². The number of fused-ring (bicyclic) bond motifs is 1. The van der Waals surface area contributed by atoms with Crippen molar-refractivity contribution in [3.63, 3.8) is 0 Å². The summed E-state index contributed by atoms with van der Waals surface area (Å²) in [6, 6.07) is 26.6. The first-order chi connectivity index (χ1) is 23.2. The van der Waals surface area contributed by atoms with Crippen LogP contribution in [-0.2, 0) is 11.4 Å². The zero-order valence-electron chi connectivity index (χ0n) is 26.3. The van der Waals surface area contributed by atoms with E-state index < -0.39 is 6.04 Å². The predicted octanol–water partition coefficient (Wildman–Crippen LogP) is 7.17. The Kier molecular flexibility index (Phi) is 10.0. The topological polar surface area (TPSA) is 91.2 Å². The zero-order valence-corrected chi connectivity index (χ0v) is 28.7. The van der Waals surface area contributed by atoms with Crippen LogP contribution in [-0.4, -0.2) is 24.2 Å². The van der Waals surface area contributed by atoms with Gasteiger partial charge in [0.15, 0.2) is 16.3 Å². The van der Waals surface area contributed by atoms with Crippen molar-refractivity contribution >= 4 is 52.2 Å². The van der Waals surface area contributed by atoms with Gasteiger partial charge in [-0.1, -0.05) is 77.0 Å². The minimum Gasteiger partial charge on any atom is -0.494 e. The van der Waals surface area contributed by atoms with Crippen molar-refractivity contribution in [2.75, 3.05) is 19.0 Å². The Balaban J connectivity index is 1.37. The number of rotatable bonds is 10. The number of anilines is 1. The van der Waals surface area contributed by atoms with E-state index in [2.05, 4.69) is 5.32 Å². The summed E-state index contributed by atoms with van der Waals surface area (Å²) in [6.07, 6.45) is 1.78. The van der Waals surface area contributed by atoms with Crippen molar-refractivity contribution in [2.24, 2.45) is 4.99 Å². The van der Waals surface area contributed by atoms with Crippen LogP contribution in [0.25, 0.3) is 6.08 Å². The average Bonchev–Trinajstić information content (AvgIpc) is 3.38. The van der Waals surface area contributed by atoms with Crippen LogP contribution >= 0.6 is 34.5 Å². The second kappa shape index (κ2) is 14.5. The summed E-state index contributed by atoms with van der Waals surface area (Å²) in [7, 11) is 1.55. The molecule has 0 fully saturated rings. The second-order valence-corrected chi connectivity index (χ2v) is 12.7. The molecule has 1 atom stereocenters. The fraction of sp³-hybridized carbons (Fsp3) is 0.162. The number of hydrogen-bond acceptors (Lipinski definition) is 7.